The number of hydrogen-bond donors (Lipinski definition) is 1. The summed E-state index contributed by atoms with van der Waals surface area (Å²) in [6.07, 6.45) is 0.951. The van der Waals surface area contributed by atoms with Gasteiger partial charge < -0.3 is 10.2 Å². The number of benzene rings is 3. The number of aryl methyl sites for hydroxylation is 2. The van der Waals surface area contributed by atoms with Gasteiger partial charge in [0.1, 0.15) is 12.6 Å². The van der Waals surface area contributed by atoms with Crippen LogP contribution in [-0.4, -0.2) is 62.2 Å². The average Bonchev–Trinajstić information content (AvgIpc) is 2.96. The molecule has 226 valence electrons. The van der Waals surface area contributed by atoms with Crippen molar-refractivity contribution >= 4 is 39.3 Å². The molecule has 0 aromatic heterocycles. The maximum atomic E-state index is 14.4. The zero-order valence-electron chi connectivity index (χ0n) is 25.2. The molecule has 10 heteroatoms. The second-order valence-corrected chi connectivity index (χ2v) is 13.2. The molecule has 42 heavy (non-hydrogen) atoms. The van der Waals surface area contributed by atoms with E-state index in [-0.39, 0.29) is 24.9 Å². The van der Waals surface area contributed by atoms with Gasteiger partial charge in [0.05, 0.1) is 5.69 Å². The van der Waals surface area contributed by atoms with E-state index in [1.54, 1.807) is 31.2 Å². The van der Waals surface area contributed by atoms with Crippen molar-refractivity contribution in [3.8, 4) is 0 Å². The molecule has 0 aliphatic rings. The average molecular weight is 613 g/mol. The van der Waals surface area contributed by atoms with Gasteiger partial charge in [-0.3, -0.25) is 9.59 Å². The van der Waals surface area contributed by atoms with Crippen LogP contribution in [0.4, 0.5) is 5.69 Å². The molecule has 0 heterocycles. The summed E-state index contributed by atoms with van der Waals surface area (Å²) in [7, 11) is -1.22. The third kappa shape index (κ3) is 8.33. The predicted molar refractivity (Wildman–Crippen MR) is 170 cm³/mol. The van der Waals surface area contributed by atoms with Gasteiger partial charge in [0.2, 0.25) is 11.8 Å². The molecular weight excluding hydrogens is 572 g/mol. The van der Waals surface area contributed by atoms with Crippen molar-refractivity contribution < 1.29 is 18.0 Å². The van der Waals surface area contributed by atoms with Gasteiger partial charge in [0.15, 0.2) is 0 Å². The Balaban J connectivity index is 2.14. The van der Waals surface area contributed by atoms with Crippen molar-refractivity contribution in [2.75, 3.05) is 24.9 Å². The summed E-state index contributed by atoms with van der Waals surface area (Å²) >= 11 is 6.53. The minimum absolute atomic E-state index is 0.0204. The first-order valence-electron chi connectivity index (χ1n) is 14.0. The molecule has 1 N–H and O–H groups in total. The van der Waals surface area contributed by atoms with Gasteiger partial charge in [-0.1, -0.05) is 79.2 Å². The first-order chi connectivity index (χ1) is 19.8. The summed E-state index contributed by atoms with van der Waals surface area (Å²) in [5.41, 5.74) is 3.47. The maximum Gasteiger partial charge on any atom is 0.304 e. The molecule has 3 rings (SSSR count). The van der Waals surface area contributed by atoms with Crippen LogP contribution in [0.1, 0.15) is 42.5 Å². The third-order valence-corrected chi connectivity index (χ3v) is 9.40. The zero-order chi connectivity index (χ0) is 31.0. The molecule has 0 unspecified atom stereocenters. The Hall–Kier alpha value is -3.40. The van der Waals surface area contributed by atoms with E-state index in [1.807, 2.05) is 69.3 Å². The molecule has 0 saturated heterocycles. The summed E-state index contributed by atoms with van der Waals surface area (Å²) in [6.45, 7) is 7.06. The Morgan fingerprint density at radius 1 is 0.952 bits per heavy atom. The van der Waals surface area contributed by atoms with E-state index in [4.69, 9.17) is 11.6 Å². The summed E-state index contributed by atoms with van der Waals surface area (Å²) in [5.74, 6) is -0.844. The van der Waals surface area contributed by atoms with Crippen LogP contribution >= 0.6 is 11.6 Å². The summed E-state index contributed by atoms with van der Waals surface area (Å²) in [6, 6.07) is 21.0. The lowest BCUT2D eigenvalue weighted by atomic mass is 10.0. The lowest BCUT2D eigenvalue weighted by molar-refractivity contribution is -0.140. The Kier molecular flexibility index (Phi) is 11.6. The van der Waals surface area contributed by atoms with E-state index in [0.717, 1.165) is 19.7 Å². The molecule has 3 aromatic carbocycles. The normalized spacial score (nSPS) is 13.0. The highest BCUT2D eigenvalue weighted by Crippen LogP contribution is 2.27. The molecule has 0 aliphatic heterocycles. The Morgan fingerprint density at radius 3 is 2.21 bits per heavy atom. The fraction of sp³-hybridized carbons (Fsp3) is 0.375. The number of anilines is 1. The molecule has 2 atom stereocenters. The quantitative estimate of drug-likeness (QED) is 0.290. The Labute approximate surface area is 255 Å². The van der Waals surface area contributed by atoms with Crippen molar-refractivity contribution in [2.45, 2.75) is 59.2 Å². The summed E-state index contributed by atoms with van der Waals surface area (Å²) < 4.78 is 29.4. The van der Waals surface area contributed by atoms with Gasteiger partial charge in [0, 0.05) is 38.1 Å². The van der Waals surface area contributed by atoms with Crippen molar-refractivity contribution in [2.24, 2.45) is 0 Å². The lowest BCUT2D eigenvalue weighted by Crippen LogP contribution is -2.55. The molecule has 8 nitrogen and oxygen atoms in total. The Bertz CT molecular complexity index is 1480. The molecule has 0 saturated carbocycles. The van der Waals surface area contributed by atoms with Crippen LogP contribution in [0.3, 0.4) is 0 Å². The molecule has 0 radical (unpaired) electrons. The first-order valence-corrected chi connectivity index (χ1v) is 15.8. The molecule has 0 bridgehead atoms. The molecule has 3 aromatic rings. The van der Waals surface area contributed by atoms with Gasteiger partial charge in [0.25, 0.3) is 0 Å². The van der Waals surface area contributed by atoms with E-state index in [2.05, 4.69) is 5.32 Å². The summed E-state index contributed by atoms with van der Waals surface area (Å²) in [4.78, 5) is 29.7. The number of nitrogens with zero attached hydrogens (tertiary/aromatic N) is 3. The number of rotatable bonds is 13. The highest BCUT2D eigenvalue weighted by molar-refractivity contribution is 7.90. The van der Waals surface area contributed by atoms with Crippen molar-refractivity contribution in [1.29, 1.82) is 0 Å². The highest BCUT2D eigenvalue weighted by atomic mass is 35.5. The van der Waals surface area contributed by atoms with Crippen molar-refractivity contribution in [3.05, 3.63) is 100 Å². The number of carbonyl (C=O) groups excluding carboxylic acids is 2. The van der Waals surface area contributed by atoms with E-state index < -0.39 is 28.7 Å². The molecule has 0 spiro atoms. The fourth-order valence-electron chi connectivity index (χ4n) is 4.50. The number of hydrogen-bond acceptors (Lipinski definition) is 4. The summed E-state index contributed by atoms with van der Waals surface area (Å²) in [5, 5.41) is 3.48. The number of amides is 2. The fourth-order valence-corrected chi connectivity index (χ4v) is 5.80. The maximum absolute atomic E-state index is 14.4. The monoisotopic (exact) mass is 612 g/mol. The van der Waals surface area contributed by atoms with Crippen LogP contribution in [-0.2, 0) is 32.8 Å². The minimum Gasteiger partial charge on any atom is -0.352 e. The van der Waals surface area contributed by atoms with Crippen LogP contribution < -0.4 is 9.62 Å². The second-order valence-electron chi connectivity index (χ2n) is 10.7. The zero-order valence-corrected chi connectivity index (χ0v) is 26.7. The number of carbonyl (C=O) groups is 2. The van der Waals surface area contributed by atoms with Gasteiger partial charge >= 0.3 is 10.2 Å². The van der Waals surface area contributed by atoms with Crippen LogP contribution in [0.2, 0.25) is 5.02 Å². The molecule has 2 amide bonds. The smallest absolute Gasteiger partial charge is 0.304 e. The SMILES string of the molecule is CC[C@@H](C)NC(=O)[C@@H](Cc1ccccc1)N(Cc1ccccc1Cl)C(=O)CN(c1cc(C)ccc1C)S(=O)(=O)N(C)C. The van der Waals surface area contributed by atoms with Gasteiger partial charge in [-0.2, -0.15) is 12.7 Å². The molecular formula is C32H41ClN4O4S. The lowest BCUT2D eigenvalue weighted by Gasteiger charge is -2.35. The predicted octanol–water partition coefficient (Wildman–Crippen LogP) is 5.12. The topological polar surface area (TPSA) is 90.0 Å². The standard InChI is InChI=1S/C32H41ClN4O4S/c1-7-25(4)34-32(39)30(20-26-13-9-8-10-14-26)36(21-27-15-11-12-16-28(27)33)31(38)22-37(42(40,41)35(5)6)29-19-23(2)17-18-24(29)3/h8-19,25,30H,7,20-22H2,1-6H3,(H,34,39)/t25-,30-/m1/s1. The van der Waals surface area contributed by atoms with E-state index in [1.165, 1.54) is 19.0 Å². The van der Waals surface area contributed by atoms with Crippen LogP contribution in [0.15, 0.2) is 72.8 Å². The van der Waals surface area contributed by atoms with Gasteiger partial charge in [-0.05, 0) is 61.6 Å². The van der Waals surface area contributed by atoms with Crippen molar-refractivity contribution in [1.82, 2.24) is 14.5 Å². The molecule has 0 aliphatic carbocycles. The Morgan fingerprint density at radius 2 is 1.60 bits per heavy atom. The van der Waals surface area contributed by atoms with E-state index in [9.17, 15) is 18.0 Å². The van der Waals surface area contributed by atoms with Gasteiger partial charge in [-0.15, -0.1) is 0 Å². The van der Waals surface area contributed by atoms with Crippen LogP contribution in [0.25, 0.3) is 0 Å². The van der Waals surface area contributed by atoms with Crippen LogP contribution in [0, 0.1) is 13.8 Å². The first kappa shape index (κ1) is 33.1. The van der Waals surface area contributed by atoms with Gasteiger partial charge in [-0.25, -0.2) is 4.31 Å². The number of nitrogens with one attached hydrogen (secondary N) is 1. The van der Waals surface area contributed by atoms with E-state index in [0.29, 0.717) is 28.3 Å². The van der Waals surface area contributed by atoms with E-state index >= 15 is 0 Å². The van der Waals surface area contributed by atoms with Crippen molar-refractivity contribution in [3.63, 3.8) is 0 Å². The molecule has 0 fully saturated rings. The van der Waals surface area contributed by atoms with Crippen LogP contribution in [0.5, 0.6) is 0 Å². The number of halogens is 1. The largest absolute Gasteiger partial charge is 0.352 e. The minimum atomic E-state index is -4.08. The third-order valence-electron chi connectivity index (χ3n) is 7.22. The second kappa shape index (κ2) is 14.7. The highest BCUT2D eigenvalue weighted by Gasteiger charge is 2.35.